The highest BCUT2D eigenvalue weighted by Crippen LogP contribution is 2.38. The average molecular weight is 240 g/mol. The summed E-state index contributed by atoms with van der Waals surface area (Å²) in [5.41, 5.74) is -0.212. The van der Waals surface area contributed by atoms with Crippen LogP contribution in [0.15, 0.2) is 12.1 Å². The van der Waals surface area contributed by atoms with Crippen molar-refractivity contribution in [2.24, 2.45) is 0 Å². The average Bonchev–Trinajstić information content (AvgIpc) is 2.26. The Labute approximate surface area is 96.6 Å². The summed E-state index contributed by atoms with van der Waals surface area (Å²) in [5, 5.41) is 27.5. The summed E-state index contributed by atoms with van der Waals surface area (Å²) >= 11 is 0. The molecule has 1 atom stereocenters. The maximum Gasteiger partial charge on any atom is 0.523 e. The molecule has 0 unspecified atom stereocenters. The predicted octanol–water partition coefficient (Wildman–Crippen LogP) is 0.473. The minimum absolute atomic E-state index is 0.147. The van der Waals surface area contributed by atoms with E-state index in [1.807, 2.05) is 0 Å². The number of aromatic carboxylic acids is 1. The molecule has 1 aliphatic heterocycles. The van der Waals surface area contributed by atoms with Gasteiger partial charge in [-0.3, -0.25) is 0 Å². The summed E-state index contributed by atoms with van der Waals surface area (Å²) in [5.74, 6) is -3.05. The molecule has 1 aliphatic rings. The van der Waals surface area contributed by atoms with Gasteiger partial charge in [0.15, 0.2) is 0 Å². The fraction of sp³-hybridized carbons (Fsp3) is 0.300. The summed E-state index contributed by atoms with van der Waals surface area (Å²) in [6, 6.07) is 2.38. The number of carboxylic acid groups (broad SMARTS) is 1. The highest BCUT2D eigenvalue weighted by molar-refractivity contribution is 6.44. The van der Waals surface area contributed by atoms with Crippen molar-refractivity contribution in [1.29, 1.82) is 0 Å². The molecule has 1 aromatic carbocycles. The highest BCUT2D eigenvalue weighted by Gasteiger charge is 2.35. The molecule has 0 spiro atoms. The molecule has 0 fully saturated rings. The first-order valence-corrected chi connectivity index (χ1v) is 5.06. The Kier molecular flexibility index (Phi) is 3.04. The van der Waals surface area contributed by atoms with Crippen LogP contribution < -0.4 is 4.65 Å². The van der Waals surface area contributed by atoms with Crippen LogP contribution in [0.5, 0.6) is 5.75 Å². The van der Waals surface area contributed by atoms with Gasteiger partial charge in [-0.1, -0.05) is 6.07 Å². The molecule has 0 bridgehead atoms. The quantitative estimate of drug-likeness (QED) is 0.654. The molecule has 0 radical (unpaired) electrons. The van der Waals surface area contributed by atoms with Crippen LogP contribution in [0.4, 0.5) is 4.39 Å². The van der Waals surface area contributed by atoms with Crippen LogP contribution in [0.1, 0.15) is 21.8 Å². The lowest BCUT2D eigenvalue weighted by atomic mass is 9.72. The largest absolute Gasteiger partial charge is 0.535 e. The van der Waals surface area contributed by atoms with Crippen LogP contribution in [-0.2, 0) is 0 Å². The van der Waals surface area contributed by atoms with Crippen molar-refractivity contribution in [2.45, 2.75) is 12.2 Å². The van der Waals surface area contributed by atoms with Gasteiger partial charge in [0, 0.05) is 18.8 Å². The van der Waals surface area contributed by atoms with Gasteiger partial charge >= 0.3 is 13.1 Å². The molecule has 3 N–H and O–H groups in total. The first kappa shape index (κ1) is 11.9. The number of aliphatic hydroxyl groups excluding tert-OH is 1. The van der Waals surface area contributed by atoms with Gasteiger partial charge in [-0.25, -0.2) is 9.18 Å². The van der Waals surface area contributed by atoms with E-state index in [0.717, 1.165) is 6.07 Å². The predicted molar refractivity (Wildman–Crippen MR) is 56.6 cm³/mol. The number of fused-ring (bicyclic) bond motifs is 1. The summed E-state index contributed by atoms with van der Waals surface area (Å²) in [4.78, 5) is 10.9. The van der Waals surface area contributed by atoms with Gasteiger partial charge in [0.2, 0.25) is 0 Å². The molecule has 2 rings (SSSR count). The van der Waals surface area contributed by atoms with Gasteiger partial charge in [-0.2, -0.15) is 0 Å². The zero-order valence-electron chi connectivity index (χ0n) is 8.76. The number of carbonyl (C=O) groups is 1. The monoisotopic (exact) mass is 240 g/mol. The molecule has 5 nitrogen and oxygen atoms in total. The summed E-state index contributed by atoms with van der Waals surface area (Å²) < 4.78 is 18.3. The first-order chi connectivity index (χ1) is 8.04. The van der Waals surface area contributed by atoms with Crippen LogP contribution >= 0.6 is 0 Å². The maximum atomic E-state index is 13.4. The molecule has 0 saturated carbocycles. The molecule has 1 heterocycles. The van der Waals surface area contributed by atoms with E-state index < -0.39 is 30.4 Å². The molecule has 17 heavy (non-hydrogen) atoms. The second-order valence-corrected chi connectivity index (χ2v) is 3.83. The van der Waals surface area contributed by atoms with Gasteiger partial charge < -0.3 is 19.9 Å². The van der Waals surface area contributed by atoms with Crippen LogP contribution in [0.3, 0.4) is 0 Å². The Morgan fingerprint density at radius 3 is 2.88 bits per heavy atom. The number of benzene rings is 1. The van der Waals surface area contributed by atoms with E-state index in [4.69, 9.17) is 14.9 Å². The fourth-order valence-electron chi connectivity index (χ4n) is 1.95. The zero-order valence-corrected chi connectivity index (χ0v) is 8.76. The van der Waals surface area contributed by atoms with Crippen molar-refractivity contribution in [1.82, 2.24) is 0 Å². The molecular formula is C10H10BFO5. The fourth-order valence-corrected chi connectivity index (χ4v) is 1.95. The first-order valence-electron chi connectivity index (χ1n) is 5.06. The number of rotatable bonds is 2. The second kappa shape index (κ2) is 4.35. The third kappa shape index (κ3) is 1.99. The van der Waals surface area contributed by atoms with Gasteiger partial charge in [0.25, 0.3) is 0 Å². The van der Waals surface area contributed by atoms with Crippen molar-refractivity contribution in [3.8, 4) is 5.75 Å². The van der Waals surface area contributed by atoms with E-state index in [1.54, 1.807) is 0 Å². The van der Waals surface area contributed by atoms with Crippen LogP contribution in [-0.4, -0.2) is 34.9 Å². The summed E-state index contributed by atoms with van der Waals surface area (Å²) in [6.45, 7) is -0.266. The van der Waals surface area contributed by atoms with E-state index >= 15 is 0 Å². The van der Waals surface area contributed by atoms with Crippen molar-refractivity contribution in [2.75, 3.05) is 6.61 Å². The van der Waals surface area contributed by atoms with E-state index in [2.05, 4.69) is 0 Å². The Morgan fingerprint density at radius 2 is 2.29 bits per heavy atom. The molecule has 0 aromatic heterocycles. The smallest absolute Gasteiger partial charge is 0.523 e. The van der Waals surface area contributed by atoms with Crippen molar-refractivity contribution in [3.63, 3.8) is 0 Å². The standard InChI is InChI=1S/C10H10BFO5/c12-7-2-1-6-5(4-13)3-11(16)17-9(6)8(7)10(14)15/h1-2,5,13,16H,3-4H2,(H,14,15)/t5-/m1/s1. The Bertz CT molecular complexity index is 464. The van der Waals surface area contributed by atoms with E-state index in [1.165, 1.54) is 6.07 Å². The maximum absolute atomic E-state index is 13.4. The normalized spacial score (nSPS) is 18.5. The minimum atomic E-state index is -1.47. The van der Waals surface area contributed by atoms with Crippen LogP contribution in [0, 0.1) is 5.82 Å². The molecular weight excluding hydrogens is 230 g/mol. The van der Waals surface area contributed by atoms with Gasteiger partial charge in [-0.15, -0.1) is 0 Å². The molecule has 0 saturated heterocycles. The lowest BCUT2D eigenvalue weighted by Gasteiger charge is -2.27. The Morgan fingerprint density at radius 1 is 1.59 bits per heavy atom. The molecule has 90 valence electrons. The topological polar surface area (TPSA) is 87.0 Å². The van der Waals surface area contributed by atoms with E-state index in [9.17, 15) is 14.2 Å². The number of aliphatic hydroxyl groups is 1. The van der Waals surface area contributed by atoms with Crippen LogP contribution in [0.25, 0.3) is 0 Å². The lowest BCUT2D eigenvalue weighted by Crippen LogP contribution is -2.32. The van der Waals surface area contributed by atoms with Crippen molar-refractivity contribution < 1.29 is 29.1 Å². The minimum Gasteiger partial charge on any atom is -0.535 e. The molecule has 0 amide bonds. The lowest BCUT2D eigenvalue weighted by molar-refractivity contribution is 0.0688. The highest BCUT2D eigenvalue weighted by atomic mass is 19.1. The van der Waals surface area contributed by atoms with Gasteiger partial charge in [0.05, 0.1) is 0 Å². The molecule has 7 heteroatoms. The zero-order chi connectivity index (χ0) is 12.6. The SMILES string of the molecule is O=C(O)c1c(F)ccc2c1OB(O)C[C@@H]2CO. The third-order valence-electron chi connectivity index (χ3n) is 2.75. The van der Waals surface area contributed by atoms with E-state index in [0.29, 0.717) is 5.56 Å². The van der Waals surface area contributed by atoms with E-state index in [-0.39, 0.29) is 18.7 Å². The third-order valence-corrected chi connectivity index (χ3v) is 2.75. The number of hydrogen-bond donors (Lipinski definition) is 3. The second-order valence-electron chi connectivity index (χ2n) is 3.83. The number of carboxylic acids is 1. The van der Waals surface area contributed by atoms with Crippen molar-refractivity contribution in [3.05, 3.63) is 29.1 Å². The number of hydrogen-bond acceptors (Lipinski definition) is 4. The van der Waals surface area contributed by atoms with Gasteiger partial charge in [-0.05, 0) is 11.6 Å². The van der Waals surface area contributed by atoms with Crippen LogP contribution in [0.2, 0.25) is 6.32 Å². The van der Waals surface area contributed by atoms with Crippen molar-refractivity contribution >= 4 is 13.1 Å². The van der Waals surface area contributed by atoms with Gasteiger partial charge in [0.1, 0.15) is 17.1 Å². The summed E-state index contributed by atoms with van der Waals surface area (Å²) in [6.07, 6.45) is 0.147. The molecule has 0 aliphatic carbocycles. The Hall–Kier alpha value is -1.60. The molecule has 1 aromatic rings. The summed E-state index contributed by atoms with van der Waals surface area (Å²) in [7, 11) is -1.24. The Balaban J connectivity index is 2.60. The number of halogens is 1.